The van der Waals surface area contributed by atoms with E-state index in [0.29, 0.717) is 5.75 Å². The highest BCUT2D eigenvalue weighted by atomic mass is 79.9. The summed E-state index contributed by atoms with van der Waals surface area (Å²) in [5, 5.41) is 0. The molecule has 4 nitrogen and oxygen atoms in total. The summed E-state index contributed by atoms with van der Waals surface area (Å²) in [6, 6.07) is 11.6. The van der Waals surface area contributed by atoms with Crippen LogP contribution >= 0.6 is 15.9 Å². The monoisotopic (exact) mass is 392 g/mol. The number of rotatable bonds is 2. The second-order valence-electron chi connectivity index (χ2n) is 5.15. The summed E-state index contributed by atoms with van der Waals surface area (Å²) in [6.07, 6.45) is 1.61. The number of fused-ring (bicyclic) bond motifs is 1. The Morgan fingerprint density at radius 2 is 1.91 bits per heavy atom. The fourth-order valence-electron chi connectivity index (χ4n) is 2.53. The van der Waals surface area contributed by atoms with Crippen molar-refractivity contribution in [2.45, 2.75) is 4.90 Å². The van der Waals surface area contributed by atoms with Crippen molar-refractivity contribution in [2.24, 2.45) is 0 Å². The lowest BCUT2D eigenvalue weighted by Gasteiger charge is -2.17. The normalized spacial score (nSPS) is 17.8. The predicted octanol–water partition coefficient (Wildman–Crippen LogP) is 3.51. The molecule has 0 aliphatic carbocycles. The van der Waals surface area contributed by atoms with Crippen molar-refractivity contribution in [3.8, 4) is 5.75 Å². The summed E-state index contributed by atoms with van der Waals surface area (Å²) in [4.78, 5) is 12.7. The molecule has 1 heterocycles. The van der Waals surface area contributed by atoms with Gasteiger partial charge in [-0.1, -0.05) is 18.2 Å². The summed E-state index contributed by atoms with van der Waals surface area (Å²) in [6.45, 7) is 0. The number of carbonyl (C=O) groups excluding carboxylic acids is 1. The lowest BCUT2D eigenvalue weighted by atomic mass is 10.0. The molecule has 0 unspecified atom stereocenters. The molecule has 0 saturated heterocycles. The number of halogens is 1. The Bertz CT molecular complexity index is 929. The maximum absolute atomic E-state index is 12.5. The molecule has 0 amide bonds. The Morgan fingerprint density at radius 1 is 1.17 bits per heavy atom. The van der Waals surface area contributed by atoms with Crippen LogP contribution < -0.4 is 4.74 Å². The molecule has 0 N–H and O–H groups in total. The van der Waals surface area contributed by atoms with E-state index < -0.39 is 9.84 Å². The Labute approximate surface area is 142 Å². The third-order valence-electron chi connectivity index (χ3n) is 3.62. The lowest BCUT2D eigenvalue weighted by Crippen LogP contribution is -2.24. The van der Waals surface area contributed by atoms with Gasteiger partial charge in [0.05, 0.1) is 22.2 Å². The van der Waals surface area contributed by atoms with E-state index >= 15 is 0 Å². The summed E-state index contributed by atoms with van der Waals surface area (Å²) in [7, 11) is -1.93. The molecule has 23 heavy (non-hydrogen) atoms. The fraction of sp³-hybridized carbons (Fsp3) is 0.118. The number of sulfone groups is 1. The third-order valence-corrected chi connectivity index (χ3v) is 5.96. The highest BCUT2D eigenvalue weighted by Crippen LogP contribution is 2.30. The SMILES string of the molecule is COc1ccc(/C=C2\CS(=O)(=O)c3ccccc3C2=O)cc1Br. The van der Waals surface area contributed by atoms with E-state index in [0.717, 1.165) is 10.0 Å². The predicted molar refractivity (Wildman–Crippen MR) is 91.5 cm³/mol. The number of benzene rings is 2. The van der Waals surface area contributed by atoms with Gasteiger partial charge in [0.25, 0.3) is 0 Å². The van der Waals surface area contributed by atoms with Gasteiger partial charge in [0, 0.05) is 11.1 Å². The maximum atomic E-state index is 12.5. The topological polar surface area (TPSA) is 60.4 Å². The quantitative estimate of drug-likeness (QED) is 0.733. The molecule has 0 radical (unpaired) electrons. The van der Waals surface area contributed by atoms with Crippen LogP contribution in [0.2, 0.25) is 0 Å². The number of hydrogen-bond donors (Lipinski definition) is 0. The van der Waals surface area contributed by atoms with Crippen LogP contribution in [0.3, 0.4) is 0 Å². The van der Waals surface area contributed by atoms with Gasteiger partial charge in [0.2, 0.25) is 0 Å². The number of Topliss-reactive ketones (excluding diaryl/α,β-unsaturated/α-hetero) is 1. The lowest BCUT2D eigenvalue weighted by molar-refractivity contribution is 0.103. The highest BCUT2D eigenvalue weighted by Gasteiger charge is 2.32. The van der Waals surface area contributed by atoms with Crippen LogP contribution in [0.4, 0.5) is 0 Å². The standard InChI is InChI=1S/C17H13BrO4S/c1-22-15-7-6-11(9-14(15)18)8-12-10-23(20,21)16-5-3-2-4-13(16)17(12)19/h2-9H,10H2,1H3/b12-8+. The largest absolute Gasteiger partial charge is 0.496 e. The van der Waals surface area contributed by atoms with Crippen molar-refractivity contribution in [1.29, 1.82) is 0 Å². The number of methoxy groups -OCH3 is 1. The number of ether oxygens (including phenoxy) is 1. The van der Waals surface area contributed by atoms with Crippen LogP contribution in [0, 0.1) is 0 Å². The summed E-state index contributed by atoms with van der Waals surface area (Å²) in [5.74, 6) is 0.134. The minimum Gasteiger partial charge on any atom is -0.496 e. The van der Waals surface area contributed by atoms with E-state index in [1.54, 1.807) is 49.6 Å². The third kappa shape index (κ3) is 2.96. The molecule has 0 aromatic heterocycles. The maximum Gasteiger partial charge on any atom is 0.191 e. The zero-order valence-electron chi connectivity index (χ0n) is 12.2. The van der Waals surface area contributed by atoms with Crippen molar-refractivity contribution < 1.29 is 17.9 Å². The van der Waals surface area contributed by atoms with Gasteiger partial charge in [-0.05, 0) is 51.8 Å². The zero-order valence-corrected chi connectivity index (χ0v) is 14.6. The molecule has 0 bridgehead atoms. The summed E-state index contributed by atoms with van der Waals surface area (Å²) < 4.78 is 30.6. The van der Waals surface area contributed by atoms with Crippen LogP contribution in [0.5, 0.6) is 5.75 Å². The second kappa shape index (κ2) is 5.94. The van der Waals surface area contributed by atoms with E-state index in [-0.39, 0.29) is 27.6 Å². The first kappa shape index (κ1) is 16.0. The molecule has 118 valence electrons. The van der Waals surface area contributed by atoms with Crippen molar-refractivity contribution in [3.05, 3.63) is 63.6 Å². The Balaban J connectivity index is 2.08. The molecular weight excluding hydrogens is 380 g/mol. The number of ketones is 1. The summed E-state index contributed by atoms with van der Waals surface area (Å²) >= 11 is 3.38. The van der Waals surface area contributed by atoms with Crippen LogP contribution in [-0.2, 0) is 9.84 Å². The van der Waals surface area contributed by atoms with Gasteiger partial charge in [-0.25, -0.2) is 8.42 Å². The van der Waals surface area contributed by atoms with Gasteiger partial charge >= 0.3 is 0 Å². The van der Waals surface area contributed by atoms with E-state index in [9.17, 15) is 13.2 Å². The molecular formula is C17H13BrO4S. The van der Waals surface area contributed by atoms with Crippen molar-refractivity contribution in [1.82, 2.24) is 0 Å². The van der Waals surface area contributed by atoms with Crippen LogP contribution in [0.1, 0.15) is 15.9 Å². The molecule has 0 atom stereocenters. The van der Waals surface area contributed by atoms with Crippen LogP contribution in [-0.4, -0.2) is 27.1 Å². The number of carbonyl (C=O) groups is 1. The second-order valence-corrected chi connectivity index (χ2v) is 7.96. The van der Waals surface area contributed by atoms with Gasteiger partial charge in [0.1, 0.15) is 5.75 Å². The summed E-state index contributed by atoms with van der Waals surface area (Å²) in [5.41, 5.74) is 1.23. The molecule has 1 aliphatic heterocycles. The first-order valence-electron chi connectivity index (χ1n) is 6.83. The van der Waals surface area contributed by atoms with Gasteiger partial charge in [0.15, 0.2) is 15.6 Å². The zero-order chi connectivity index (χ0) is 16.6. The van der Waals surface area contributed by atoms with E-state index in [1.165, 1.54) is 6.07 Å². The minimum atomic E-state index is -3.49. The van der Waals surface area contributed by atoms with Gasteiger partial charge in [-0.2, -0.15) is 0 Å². The van der Waals surface area contributed by atoms with Crippen LogP contribution in [0.25, 0.3) is 6.08 Å². The minimum absolute atomic E-state index is 0.109. The van der Waals surface area contributed by atoms with E-state index in [4.69, 9.17) is 4.74 Å². The first-order valence-corrected chi connectivity index (χ1v) is 9.27. The van der Waals surface area contributed by atoms with Gasteiger partial charge in [-0.15, -0.1) is 0 Å². The molecule has 6 heteroatoms. The average Bonchev–Trinajstić information content (AvgIpc) is 2.52. The molecule has 0 spiro atoms. The van der Waals surface area contributed by atoms with Gasteiger partial charge in [-0.3, -0.25) is 4.79 Å². The molecule has 0 fully saturated rings. The molecule has 3 rings (SSSR count). The van der Waals surface area contributed by atoms with Crippen molar-refractivity contribution in [2.75, 3.05) is 12.9 Å². The molecule has 0 saturated carbocycles. The molecule has 1 aliphatic rings. The Kier molecular flexibility index (Phi) is 4.12. The van der Waals surface area contributed by atoms with Gasteiger partial charge < -0.3 is 4.74 Å². The molecule has 2 aromatic rings. The van der Waals surface area contributed by atoms with E-state index in [1.807, 2.05) is 0 Å². The Morgan fingerprint density at radius 3 is 2.61 bits per heavy atom. The fourth-order valence-corrected chi connectivity index (χ4v) is 4.65. The van der Waals surface area contributed by atoms with Crippen LogP contribution in [0.15, 0.2) is 57.4 Å². The average molecular weight is 393 g/mol. The van der Waals surface area contributed by atoms with Crippen molar-refractivity contribution >= 4 is 37.6 Å². The highest BCUT2D eigenvalue weighted by molar-refractivity contribution is 9.10. The van der Waals surface area contributed by atoms with E-state index in [2.05, 4.69) is 15.9 Å². The smallest absolute Gasteiger partial charge is 0.191 e. The molecule has 2 aromatic carbocycles. The Hall–Kier alpha value is -1.92. The first-order chi connectivity index (χ1) is 10.9. The van der Waals surface area contributed by atoms with Crippen molar-refractivity contribution in [3.63, 3.8) is 0 Å². The number of hydrogen-bond acceptors (Lipinski definition) is 4.